The molecular formula is C21H20BrNOS2. The van der Waals surface area contributed by atoms with E-state index in [-0.39, 0.29) is 11.5 Å². The van der Waals surface area contributed by atoms with Crippen molar-refractivity contribution in [3.05, 3.63) is 63.6 Å². The summed E-state index contributed by atoms with van der Waals surface area (Å²) in [6, 6.07) is 15.2. The van der Waals surface area contributed by atoms with E-state index in [2.05, 4.69) is 77.6 Å². The molecule has 0 aromatic heterocycles. The van der Waals surface area contributed by atoms with E-state index in [0.29, 0.717) is 11.7 Å². The Morgan fingerprint density at radius 1 is 1.23 bits per heavy atom. The fourth-order valence-corrected chi connectivity index (χ4v) is 8.28. The van der Waals surface area contributed by atoms with E-state index >= 15 is 0 Å². The van der Waals surface area contributed by atoms with Crippen LogP contribution < -0.4 is 5.32 Å². The van der Waals surface area contributed by atoms with Gasteiger partial charge in [-0.3, -0.25) is 4.21 Å². The predicted octanol–water partition coefficient (Wildman–Crippen LogP) is 5.42. The summed E-state index contributed by atoms with van der Waals surface area (Å²) in [5.74, 6) is 1.97. The first kappa shape index (κ1) is 17.1. The lowest BCUT2D eigenvalue weighted by molar-refractivity contribution is 0.312. The van der Waals surface area contributed by atoms with Crippen molar-refractivity contribution in [1.82, 2.24) is 0 Å². The van der Waals surface area contributed by atoms with E-state index in [1.807, 2.05) is 11.8 Å². The molecule has 0 saturated carbocycles. The first-order valence-corrected chi connectivity index (χ1v) is 12.0. The van der Waals surface area contributed by atoms with Crippen LogP contribution in [0.1, 0.15) is 25.0 Å². The van der Waals surface area contributed by atoms with Gasteiger partial charge in [0.2, 0.25) is 0 Å². The topological polar surface area (TPSA) is 29.1 Å². The van der Waals surface area contributed by atoms with Crippen LogP contribution in [-0.2, 0) is 16.2 Å². The first-order chi connectivity index (χ1) is 12.5. The number of hydrogen-bond acceptors (Lipinski definition) is 3. The standard InChI is InChI=1S/C21H20BrNOS2/c1-21(2)15-9-12(22)7-8-17(15)23-19-14-10-25-18-6-4-3-5-13(18)20(14)26(24)11-16(19)21/h3-9,16,19,23H,10-11H2,1-2H3. The number of anilines is 1. The number of benzene rings is 2. The van der Waals surface area contributed by atoms with Crippen molar-refractivity contribution in [3.63, 3.8) is 0 Å². The van der Waals surface area contributed by atoms with E-state index in [0.717, 1.165) is 15.1 Å². The quantitative estimate of drug-likeness (QED) is 0.586. The Morgan fingerprint density at radius 3 is 2.88 bits per heavy atom. The van der Waals surface area contributed by atoms with Gasteiger partial charge in [0.05, 0.1) is 16.8 Å². The number of fused-ring (bicyclic) bond motifs is 5. The lowest BCUT2D eigenvalue weighted by atomic mass is 9.66. The van der Waals surface area contributed by atoms with Gasteiger partial charge in [-0.15, -0.1) is 11.8 Å². The predicted molar refractivity (Wildman–Crippen MR) is 115 cm³/mol. The van der Waals surface area contributed by atoms with Gasteiger partial charge in [0.15, 0.2) is 0 Å². The Morgan fingerprint density at radius 2 is 2.04 bits per heavy atom. The number of rotatable bonds is 0. The van der Waals surface area contributed by atoms with Gasteiger partial charge >= 0.3 is 0 Å². The van der Waals surface area contributed by atoms with Crippen LogP contribution in [0.25, 0.3) is 4.91 Å². The van der Waals surface area contributed by atoms with Crippen molar-refractivity contribution in [2.24, 2.45) is 5.92 Å². The molecule has 0 aliphatic carbocycles. The molecule has 3 heterocycles. The molecule has 0 fully saturated rings. The van der Waals surface area contributed by atoms with Gasteiger partial charge in [0.1, 0.15) is 0 Å². The van der Waals surface area contributed by atoms with Crippen molar-refractivity contribution in [1.29, 1.82) is 0 Å². The number of nitrogens with one attached hydrogen (secondary N) is 1. The molecule has 0 saturated heterocycles. The minimum absolute atomic E-state index is 0.0230. The van der Waals surface area contributed by atoms with Gasteiger partial charge in [-0.1, -0.05) is 48.0 Å². The molecule has 2 aromatic carbocycles. The van der Waals surface area contributed by atoms with Crippen LogP contribution in [0, 0.1) is 5.92 Å². The fraction of sp³-hybridized carbons (Fsp3) is 0.333. The van der Waals surface area contributed by atoms with E-state index < -0.39 is 10.8 Å². The third kappa shape index (κ3) is 2.40. The highest BCUT2D eigenvalue weighted by atomic mass is 79.9. The second-order valence-corrected chi connectivity index (χ2v) is 11.2. The molecule has 3 atom stereocenters. The second-order valence-electron chi connectivity index (χ2n) is 7.79. The Balaban J connectivity index is 1.69. The molecule has 134 valence electrons. The van der Waals surface area contributed by atoms with E-state index in [1.54, 1.807) is 0 Å². The summed E-state index contributed by atoms with van der Waals surface area (Å²) >= 11 is 5.49. The molecule has 1 N–H and O–H groups in total. The van der Waals surface area contributed by atoms with E-state index in [1.165, 1.54) is 27.3 Å². The van der Waals surface area contributed by atoms with Crippen molar-refractivity contribution >= 4 is 49.1 Å². The lowest BCUT2D eigenvalue weighted by Crippen LogP contribution is -2.52. The number of halogens is 1. The summed E-state index contributed by atoms with van der Waals surface area (Å²) in [7, 11) is -0.951. The third-order valence-electron chi connectivity index (χ3n) is 6.06. The molecule has 0 bridgehead atoms. The SMILES string of the molecule is CC1(C)c2cc(Br)ccc2NC2C3=C(c4ccccc4SC3)S(=O)CC21. The molecule has 3 unspecified atom stereocenters. The molecule has 5 rings (SSSR count). The van der Waals surface area contributed by atoms with Gasteiger partial charge in [0.25, 0.3) is 0 Å². The van der Waals surface area contributed by atoms with Gasteiger partial charge in [-0.25, -0.2) is 0 Å². The van der Waals surface area contributed by atoms with Crippen LogP contribution in [0.2, 0.25) is 0 Å². The maximum Gasteiger partial charge on any atom is 0.0542 e. The highest BCUT2D eigenvalue weighted by Crippen LogP contribution is 2.52. The number of thioether (sulfide) groups is 1. The average molecular weight is 446 g/mol. The molecular weight excluding hydrogens is 426 g/mol. The zero-order chi connectivity index (χ0) is 18.1. The summed E-state index contributed by atoms with van der Waals surface area (Å²) < 4.78 is 14.4. The van der Waals surface area contributed by atoms with Crippen molar-refractivity contribution in [2.75, 3.05) is 16.8 Å². The zero-order valence-electron chi connectivity index (χ0n) is 14.7. The van der Waals surface area contributed by atoms with Crippen molar-refractivity contribution < 1.29 is 4.21 Å². The smallest absolute Gasteiger partial charge is 0.0542 e. The molecule has 3 aliphatic rings. The Labute approximate surface area is 169 Å². The molecule has 26 heavy (non-hydrogen) atoms. The van der Waals surface area contributed by atoms with Gasteiger partial charge in [0, 0.05) is 42.9 Å². The number of hydrogen-bond donors (Lipinski definition) is 1. The highest BCUT2D eigenvalue weighted by molar-refractivity contribution is 9.10. The molecule has 0 amide bonds. The summed E-state index contributed by atoms with van der Waals surface area (Å²) in [6.07, 6.45) is 0. The largest absolute Gasteiger partial charge is 0.378 e. The van der Waals surface area contributed by atoms with Crippen molar-refractivity contribution in [3.8, 4) is 0 Å². The van der Waals surface area contributed by atoms with Crippen LogP contribution in [0.5, 0.6) is 0 Å². The van der Waals surface area contributed by atoms with Gasteiger partial charge < -0.3 is 5.32 Å². The first-order valence-electron chi connectivity index (χ1n) is 8.87. The van der Waals surface area contributed by atoms with Crippen LogP contribution >= 0.6 is 27.7 Å². The Bertz CT molecular complexity index is 982. The molecule has 3 aliphatic heterocycles. The van der Waals surface area contributed by atoms with E-state index in [4.69, 9.17) is 0 Å². The Kier molecular flexibility index (Phi) is 3.93. The van der Waals surface area contributed by atoms with E-state index in [9.17, 15) is 4.21 Å². The molecule has 0 radical (unpaired) electrons. The van der Waals surface area contributed by atoms with Crippen LogP contribution in [-0.4, -0.2) is 21.8 Å². The monoisotopic (exact) mass is 445 g/mol. The lowest BCUT2D eigenvalue weighted by Gasteiger charge is -2.50. The van der Waals surface area contributed by atoms with Gasteiger partial charge in [-0.05, 0) is 40.8 Å². The molecule has 2 nitrogen and oxygen atoms in total. The summed E-state index contributed by atoms with van der Waals surface area (Å²) in [6.45, 7) is 4.62. The normalized spacial score (nSPS) is 28.3. The van der Waals surface area contributed by atoms with Crippen LogP contribution in [0.3, 0.4) is 0 Å². The second kappa shape index (κ2) is 5.98. The maximum absolute atomic E-state index is 13.3. The fourth-order valence-electron chi connectivity index (χ4n) is 4.61. The van der Waals surface area contributed by atoms with Crippen LogP contribution in [0.4, 0.5) is 5.69 Å². The van der Waals surface area contributed by atoms with Gasteiger partial charge in [-0.2, -0.15) is 0 Å². The molecule has 0 spiro atoms. The third-order valence-corrected chi connectivity index (χ3v) is 9.27. The average Bonchev–Trinajstić information content (AvgIpc) is 2.63. The maximum atomic E-state index is 13.3. The molecule has 2 aromatic rings. The minimum Gasteiger partial charge on any atom is -0.378 e. The molecule has 5 heteroatoms. The summed E-state index contributed by atoms with van der Waals surface area (Å²) in [4.78, 5) is 2.35. The summed E-state index contributed by atoms with van der Waals surface area (Å²) in [5, 5.41) is 3.81. The highest BCUT2D eigenvalue weighted by Gasteiger charge is 2.49. The zero-order valence-corrected chi connectivity index (χ0v) is 17.9. The van der Waals surface area contributed by atoms with Crippen molar-refractivity contribution in [2.45, 2.75) is 30.2 Å². The van der Waals surface area contributed by atoms with Crippen LogP contribution in [0.15, 0.2) is 57.4 Å². The summed E-state index contributed by atoms with van der Waals surface area (Å²) in [5.41, 5.74) is 5.02. The minimum atomic E-state index is -0.951. The Hall–Kier alpha value is -1.04.